The van der Waals surface area contributed by atoms with Gasteiger partial charge in [0.05, 0.1) is 25.8 Å². The van der Waals surface area contributed by atoms with Crippen LogP contribution in [0.1, 0.15) is 11.5 Å². The minimum Gasteiger partial charge on any atom is -0.327 e. The molecule has 0 bridgehead atoms. The lowest BCUT2D eigenvalue weighted by Crippen LogP contribution is -2.07. The zero-order chi connectivity index (χ0) is 14.8. The maximum Gasteiger partial charge on any atom is 0.138 e. The number of hydrogen-bond donors (Lipinski definition) is 0. The van der Waals surface area contributed by atoms with Gasteiger partial charge in [0.15, 0.2) is 0 Å². The van der Waals surface area contributed by atoms with E-state index in [0.29, 0.717) is 15.9 Å². The van der Waals surface area contributed by atoms with Crippen LogP contribution in [0.5, 0.6) is 0 Å². The minimum atomic E-state index is -0.213. The molecule has 0 aliphatic rings. The number of nitrogens with zero attached hydrogens (tertiary/aromatic N) is 3. The molecule has 0 saturated heterocycles. The number of rotatable bonds is 5. The summed E-state index contributed by atoms with van der Waals surface area (Å²) in [5.74, 6) is 1.19. The number of hydrogen-bond acceptors (Lipinski definition) is 3. The van der Waals surface area contributed by atoms with Crippen molar-refractivity contribution in [3.63, 3.8) is 0 Å². The normalized spacial score (nSPS) is 11.4. The number of halogens is 3. The highest BCUT2D eigenvalue weighted by Crippen LogP contribution is 2.23. The molecule has 0 amide bonds. The summed E-state index contributed by atoms with van der Waals surface area (Å²) in [4.78, 5) is 8.88. The zero-order valence-corrected chi connectivity index (χ0v) is 14.8. The van der Waals surface area contributed by atoms with E-state index in [9.17, 15) is 4.39 Å². The molecule has 0 atom stereocenters. The molecule has 0 aliphatic carbocycles. The van der Waals surface area contributed by atoms with Crippen LogP contribution >= 0.6 is 45.5 Å². The maximum absolute atomic E-state index is 13.9. The fraction of sp³-hybridized carbons (Fsp3) is 0.286. The van der Waals surface area contributed by atoms with E-state index in [4.69, 9.17) is 11.6 Å². The first kappa shape index (κ1) is 15.2. The summed E-state index contributed by atoms with van der Waals surface area (Å²) in [6.45, 7) is 0.729. The lowest BCUT2D eigenvalue weighted by atomic mass is 10.3. The van der Waals surface area contributed by atoms with Crippen molar-refractivity contribution in [3.05, 3.63) is 43.9 Å². The Labute approximate surface area is 144 Å². The third-order valence-electron chi connectivity index (χ3n) is 3.26. The third-order valence-corrected chi connectivity index (χ3v) is 4.91. The van der Waals surface area contributed by atoms with Crippen LogP contribution in [0.3, 0.4) is 0 Å². The molecule has 0 fully saturated rings. The van der Waals surface area contributed by atoms with Crippen LogP contribution in [0.2, 0.25) is 0 Å². The van der Waals surface area contributed by atoms with Gasteiger partial charge in [-0.1, -0.05) is 0 Å². The second kappa shape index (κ2) is 6.58. The standard InChI is InChI=1S/C14H12ClFIN3S/c15-3-1-14-19-12-6-11(17)10(16)5-13(12)20(14)4-2-9-7-21-8-18-9/h5-8H,1-4H2. The first-order valence-electron chi connectivity index (χ1n) is 6.46. The molecule has 0 spiro atoms. The lowest BCUT2D eigenvalue weighted by molar-refractivity contribution is 0.618. The van der Waals surface area contributed by atoms with Crippen molar-refractivity contribution in [2.45, 2.75) is 19.4 Å². The second-order valence-corrected chi connectivity index (χ2v) is 6.86. The monoisotopic (exact) mass is 435 g/mol. The highest BCUT2D eigenvalue weighted by molar-refractivity contribution is 14.1. The van der Waals surface area contributed by atoms with Crippen molar-refractivity contribution in [1.82, 2.24) is 14.5 Å². The molecule has 0 saturated carbocycles. The molecule has 0 N–H and O–H groups in total. The van der Waals surface area contributed by atoms with E-state index in [0.717, 1.165) is 35.5 Å². The number of alkyl halides is 1. The minimum absolute atomic E-state index is 0.213. The fourth-order valence-corrected chi connectivity index (χ4v) is 3.49. The first-order chi connectivity index (χ1) is 10.2. The average Bonchev–Trinajstić information content (AvgIpc) is 3.06. The molecule has 21 heavy (non-hydrogen) atoms. The van der Waals surface area contributed by atoms with Gasteiger partial charge in [-0.2, -0.15) is 0 Å². The topological polar surface area (TPSA) is 30.7 Å². The van der Waals surface area contributed by atoms with Crippen LogP contribution in [-0.2, 0) is 19.4 Å². The van der Waals surface area contributed by atoms with Crippen LogP contribution in [-0.4, -0.2) is 20.4 Å². The quantitative estimate of drug-likeness (QED) is 0.443. The molecular weight excluding hydrogens is 424 g/mol. The van der Waals surface area contributed by atoms with Crippen LogP contribution in [0.15, 0.2) is 23.0 Å². The van der Waals surface area contributed by atoms with Crippen molar-refractivity contribution >= 4 is 56.6 Å². The molecule has 3 rings (SSSR count). The Hall–Kier alpha value is -0.730. The molecular formula is C14H12ClFIN3S. The highest BCUT2D eigenvalue weighted by Gasteiger charge is 2.13. The van der Waals surface area contributed by atoms with E-state index in [1.54, 1.807) is 23.5 Å². The van der Waals surface area contributed by atoms with Gasteiger partial charge in [-0.3, -0.25) is 0 Å². The molecule has 0 aliphatic heterocycles. The molecule has 3 nitrogen and oxygen atoms in total. The first-order valence-corrected chi connectivity index (χ1v) is 9.02. The van der Waals surface area contributed by atoms with E-state index >= 15 is 0 Å². The summed E-state index contributed by atoms with van der Waals surface area (Å²) in [5, 5.41) is 2.03. The molecule has 7 heteroatoms. The predicted molar refractivity (Wildman–Crippen MR) is 92.7 cm³/mol. The van der Waals surface area contributed by atoms with Crippen molar-refractivity contribution in [1.29, 1.82) is 0 Å². The Morgan fingerprint density at radius 3 is 2.90 bits per heavy atom. The summed E-state index contributed by atoms with van der Waals surface area (Å²) >= 11 is 9.43. The van der Waals surface area contributed by atoms with Crippen LogP contribution in [0.4, 0.5) is 4.39 Å². The summed E-state index contributed by atoms with van der Waals surface area (Å²) in [6, 6.07) is 3.34. The molecule has 0 radical (unpaired) electrons. The smallest absolute Gasteiger partial charge is 0.138 e. The van der Waals surface area contributed by atoms with Crippen molar-refractivity contribution in [2.24, 2.45) is 0 Å². The Morgan fingerprint density at radius 1 is 1.33 bits per heavy atom. The van der Waals surface area contributed by atoms with Crippen LogP contribution < -0.4 is 0 Å². The number of benzene rings is 1. The summed E-state index contributed by atoms with van der Waals surface area (Å²) in [6.07, 6.45) is 1.48. The van der Waals surface area contributed by atoms with Gasteiger partial charge in [-0.15, -0.1) is 22.9 Å². The predicted octanol–water partition coefficient (Wildman–Crippen LogP) is 4.26. The summed E-state index contributed by atoms with van der Waals surface area (Å²) in [7, 11) is 0. The maximum atomic E-state index is 13.9. The van der Waals surface area contributed by atoms with Crippen LogP contribution in [0.25, 0.3) is 11.0 Å². The number of aryl methyl sites for hydroxylation is 3. The Balaban J connectivity index is 2.00. The van der Waals surface area contributed by atoms with Gasteiger partial charge in [0.1, 0.15) is 11.6 Å². The Bertz CT molecular complexity index is 757. The highest BCUT2D eigenvalue weighted by atomic mass is 127. The van der Waals surface area contributed by atoms with Gasteiger partial charge in [0, 0.05) is 36.7 Å². The zero-order valence-electron chi connectivity index (χ0n) is 11.0. The molecule has 3 aromatic rings. The van der Waals surface area contributed by atoms with E-state index in [2.05, 4.69) is 14.5 Å². The molecule has 1 aromatic carbocycles. The van der Waals surface area contributed by atoms with E-state index in [1.807, 2.05) is 33.5 Å². The van der Waals surface area contributed by atoms with E-state index in [-0.39, 0.29) is 5.82 Å². The number of thiazole rings is 1. The lowest BCUT2D eigenvalue weighted by Gasteiger charge is -2.07. The van der Waals surface area contributed by atoms with E-state index in [1.165, 1.54) is 0 Å². The summed E-state index contributed by atoms with van der Waals surface area (Å²) < 4.78 is 16.5. The molecule has 2 heterocycles. The Morgan fingerprint density at radius 2 is 2.19 bits per heavy atom. The van der Waals surface area contributed by atoms with Crippen molar-refractivity contribution in [2.75, 3.05) is 5.88 Å². The molecule has 110 valence electrons. The van der Waals surface area contributed by atoms with Gasteiger partial charge in [0.2, 0.25) is 0 Å². The average molecular weight is 436 g/mol. The fourth-order valence-electron chi connectivity index (χ4n) is 2.28. The molecule has 0 unspecified atom stereocenters. The van der Waals surface area contributed by atoms with Gasteiger partial charge in [0.25, 0.3) is 0 Å². The summed E-state index contributed by atoms with van der Waals surface area (Å²) in [5.41, 5.74) is 4.51. The van der Waals surface area contributed by atoms with Gasteiger partial charge >= 0.3 is 0 Å². The van der Waals surface area contributed by atoms with Crippen LogP contribution in [0, 0.1) is 9.39 Å². The van der Waals surface area contributed by atoms with Gasteiger partial charge in [-0.25, -0.2) is 14.4 Å². The number of fused-ring (bicyclic) bond motifs is 1. The second-order valence-electron chi connectivity index (χ2n) is 4.60. The largest absolute Gasteiger partial charge is 0.327 e. The van der Waals surface area contributed by atoms with Gasteiger partial charge < -0.3 is 4.57 Å². The van der Waals surface area contributed by atoms with E-state index < -0.39 is 0 Å². The number of imidazole rings is 1. The number of aromatic nitrogens is 3. The van der Waals surface area contributed by atoms with Gasteiger partial charge in [-0.05, 0) is 28.7 Å². The molecule has 2 aromatic heterocycles. The third kappa shape index (κ3) is 3.22. The van der Waals surface area contributed by atoms with Crippen molar-refractivity contribution in [3.8, 4) is 0 Å². The Kier molecular flexibility index (Phi) is 4.75. The SMILES string of the molecule is Fc1cc2c(cc1I)nc(CCCl)n2CCc1cscn1. The van der Waals surface area contributed by atoms with Crippen molar-refractivity contribution < 1.29 is 4.39 Å².